The molecular formula is C18H17Cl2F3N2O4S. The van der Waals surface area contributed by atoms with Crippen LogP contribution < -0.4 is 9.46 Å². The van der Waals surface area contributed by atoms with Gasteiger partial charge in [0.05, 0.1) is 26.2 Å². The number of nitrogens with one attached hydrogen (secondary N) is 1. The van der Waals surface area contributed by atoms with Crippen LogP contribution in [0.4, 0.5) is 18.9 Å². The number of ether oxygens (including phenoxy) is 1. The van der Waals surface area contributed by atoms with Crippen LogP contribution in [0.5, 0.6) is 11.5 Å². The molecule has 2 aromatic rings. The zero-order valence-corrected chi connectivity index (χ0v) is 17.8. The number of anilines is 1. The molecule has 164 valence electrons. The molecule has 1 aliphatic rings. The third-order valence-corrected chi connectivity index (χ3v) is 6.42. The van der Waals surface area contributed by atoms with E-state index in [2.05, 4.69) is 4.72 Å². The second kappa shape index (κ2) is 8.33. The van der Waals surface area contributed by atoms with Gasteiger partial charge in [0.25, 0.3) is 10.0 Å². The molecule has 3 rings (SSSR count). The van der Waals surface area contributed by atoms with E-state index in [1.165, 1.54) is 0 Å². The smallest absolute Gasteiger partial charge is 0.419 e. The van der Waals surface area contributed by atoms with Crippen molar-refractivity contribution in [2.24, 2.45) is 0 Å². The van der Waals surface area contributed by atoms with Crippen molar-refractivity contribution in [2.45, 2.75) is 23.6 Å². The molecule has 1 fully saturated rings. The number of sulfonamides is 1. The molecule has 1 saturated heterocycles. The van der Waals surface area contributed by atoms with Gasteiger partial charge in [-0.25, -0.2) is 8.42 Å². The van der Waals surface area contributed by atoms with E-state index in [0.717, 1.165) is 30.3 Å². The minimum atomic E-state index is -4.67. The molecule has 2 N–H and O–H groups in total. The van der Waals surface area contributed by atoms with Crippen LogP contribution in [-0.4, -0.2) is 44.7 Å². The van der Waals surface area contributed by atoms with E-state index in [9.17, 15) is 26.7 Å². The maximum Gasteiger partial charge on any atom is 0.419 e. The summed E-state index contributed by atoms with van der Waals surface area (Å²) in [5.41, 5.74) is -1.14. The number of phenols is 1. The van der Waals surface area contributed by atoms with E-state index in [1.54, 1.807) is 0 Å². The summed E-state index contributed by atoms with van der Waals surface area (Å²) in [6.07, 6.45) is -4.57. The number of likely N-dealkylation sites (tertiary alicyclic amines) is 1. The maximum absolute atomic E-state index is 13.4. The van der Waals surface area contributed by atoms with Crippen LogP contribution in [0.15, 0.2) is 35.2 Å². The Labute approximate surface area is 181 Å². The fourth-order valence-electron chi connectivity index (χ4n) is 3.00. The first kappa shape index (κ1) is 22.8. The molecule has 1 aliphatic heterocycles. The number of phenolic OH excluding ortho intramolecular Hbond substituents is 1. The predicted molar refractivity (Wildman–Crippen MR) is 107 cm³/mol. The lowest BCUT2D eigenvalue weighted by Crippen LogP contribution is -2.23. The van der Waals surface area contributed by atoms with Crippen molar-refractivity contribution >= 4 is 38.9 Å². The zero-order chi connectivity index (χ0) is 22.3. The molecule has 1 atom stereocenters. The lowest BCUT2D eigenvalue weighted by Gasteiger charge is -2.19. The van der Waals surface area contributed by atoms with Crippen LogP contribution in [0.2, 0.25) is 10.0 Å². The van der Waals surface area contributed by atoms with E-state index in [4.69, 9.17) is 27.9 Å². The molecule has 0 aromatic heterocycles. The summed E-state index contributed by atoms with van der Waals surface area (Å²) in [5, 5.41) is 9.00. The average Bonchev–Trinajstić information content (AvgIpc) is 3.02. The second-order valence-corrected chi connectivity index (χ2v) is 9.34. The minimum absolute atomic E-state index is 0.135. The molecule has 2 aromatic carbocycles. The van der Waals surface area contributed by atoms with Gasteiger partial charge in [0.2, 0.25) is 0 Å². The summed E-state index contributed by atoms with van der Waals surface area (Å²) in [6.45, 7) is 1.14. The van der Waals surface area contributed by atoms with Crippen molar-refractivity contribution in [3.63, 3.8) is 0 Å². The lowest BCUT2D eigenvalue weighted by molar-refractivity contribution is -0.139. The summed E-state index contributed by atoms with van der Waals surface area (Å²) in [5.74, 6) is -0.950. The van der Waals surface area contributed by atoms with Gasteiger partial charge in [-0.05, 0) is 37.7 Å². The zero-order valence-electron chi connectivity index (χ0n) is 15.5. The topological polar surface area (TPSA) is 78.9 Å². The number of nitrogens with zero attached hydrogens (tertiary/aromatic N) is 1. The van der Waals surface area contributed by atoms with E-state index in [-0.39, 0.29) is 20.6 Å². The highest BCUT2D eigenvalue weighted by molar-refractivity contribution is 7.92. The average molecular weight is 485 g/mol. The van der Waals surface area contributed by atoms with Crippen LogP contribution in [-0.2, 0) is 16.2 Å². The van der Waals surface area contributed by atoms with Gasteiger partial charge in [-0.3, -0.25) is 4.72 Å². The van der Waals surface area contributed by atoms with E-state index >= 15 is 0 Å². The van der Waals surface area contributed by atoms with Crippen LogP contribution in [0.1, 0.15) is 12.0 Å². The first-order valence-electron chi connectivity index (χ1n) is 8.64. The summed E-state index contributed by atoms with van der Waals surface area (Å²) < 4.78 is 73.1. The minimum Gasteiger partial charge on any atom is -0.505 e. The third kappa shape index (κ3) is 5.05. The number of benzene rings is 2. The van der Waals surface area contributed by atoms with Crippen molar-refractivity contribution in [1.29, 1.82) is 0 Å². The Hall–Kier alpha value is -1.88. The molecule has 12 heteroatoms. The fraction of sp³-hybridized carbons (Fsp3) is 0.333. The highest BCUT2D eigenvalue weighted by atomic mass is 35.5. The number of rotatable bonds is 5. The largest absolute Gasteiger partial charge is 0.505 e. The third-order valence-electron chi connectivity index (χ3n) is 4.48. The van der Waals surface area contributed by atoms with Crippen molar-refractivity contribution in [1.82, 2.24) is 4.90 Å². The molecular weight excluding hydrogens is 468 g/mol. The van der Waals surface area contributed by atoms with Crippen molar-refractivity contribution < 1.29 is 31.4 Å². The molecule has 0 bridgehead atoms. The lowest BCUT2D eigenvalue weighted by atomic mass is 10.1. The van der Waals surface area contributed by atoms with Crippen LogP contribution in [0.25, 0.3) is 0 Å². The molecule has 0 radical (unpaired) electrons. The van der Waals surface area contributed by atoms with Gasteiger partial charge in [0.15, 0.2) is 5.75 Å². The Morgan fingerprint density at radius 2 is 1.83 bits per heavy atom. The second-order valence-electron chi connectivity index (χ2n) is 6.84. The molecule has 0 saturated carbocycles. The quantitative estimate of drug-likeness (QED) is 0.648. The molecule has 1 heterocycles. The molecule has 30 heavy (non-hydrogen) atoms. The molecule has 6 nitrogen and oxygen atoms in total. The van der Waals surface area contributed by atoms with Crippen LogP contribution >= 0.6 is 23.2 Å². The monoisotopic (exact) mass is 484 g/mol. The van der Waals surface area contributed by atoms with E-state index in [1.807, 2.05) is 11.9 Å². The number of hydrogen-bond donors (Lipinski definition) is 2. The van der Waals surface area contributed by atoms with Crippen molar-refractivity contribution in [3.05, 3.63) is 45.9 Å². The number of alkyl halides is 3. The highest BCUT2D eigenvalue weighted by Gasteiger charge is 2.36. The Morgan fingerprint density at radius 3 is 2.37 bits per heavy atom. The van der Waals surface area contributed by atoms with Crippen molar-refractivity contribution in [2.75, 3.05) is 24.9 Å². The molecule has 1 unspecified atom stereocenters. The number of aromatic hydroxyl groups is 1. The standard InChI is InChI=1S/C18H17Cl2F3N2O4S/c1-25-5-4-11(9-25)29-16-6-10(2-3-13(16)18(21,22)23)24-30(27,28)12-7-14(19)17(26)15(20)8-12/h2-3,6-8,11,24,26H,4-5,9H2,1H3. The summed E-state index contributed by atoms with van der Waals surface area (Å²) >= 11 is 11.5. The highest BCUT2D eigenvalue weighted by Crippen LogP contribution is 2.39. The van der Waals surface area contributed by atoms with Gasteiger partial charge in [0, 0.05) is 19.2 Å². The Bertz CT molecular complexity index is 1040. The number of hydrogen-bond acceptors (Lipinski definition) is 5. The van der Waals surface area contributed by atoms with Crippen LogP contribution in [0.3, 0.4) is 0 Å². The number of likely N-dealkylation sites (N-methyl/N-ethyl adjacent to an activating group) is 1. The molecule has 0 aliphatic carbocycles. The van der Waals surface area contributed by atoms with E-state index < -0.39 is 39.4 Å². The summed E-state index contributed by atoms with van der Waals surface area (Å²) in [7, 11) is -2.43. The molecule has 0 amide bonds. The maximum atomic E-state index is 13.4. The van der Waals surface area contributed by atoms with E-state index in [0.29, 0.717) is 19.5 Å². The Balaban J connectivity index is 1.93. The van der Waals surface area contributed by atoms with Gasteiger partial charge in [0.1, 0.15) is 11.9 Å². The number of halogens is 5. The summed E-state index contributed by atoms with van der Waals surface area (Å²) in [6, 6.07) is 4.67. The van der Waals surface area contributed by atoms with Gasteiger partial charge < -0.3 is 14.7 Å². The first-order chi connectivity index (χ1) is 13.9. The van der Waals surface area contributed by atoms with Gasteiger partial charge in [-0.15, -0.1) is 0 Å². The van der Waals surface area contributed by atoms with Crippen molar-refractivity contribution in [3.8, 4) is 11.5 Å². The van der Waals surface area contributed by atoms with Gasteiger partial charge >= 0.3 is 6.18 Å². The Morgan fingerprint density at radius 1 is 1.20 bits per heavy atom. The first-order valence-corrected chi connectivity index (χ1v) is 10.9. The van der Waals surface area contributed by atoms with Gasteiger partial charge in [-0.1, -0.05) is 23.2 Å². The predicted octanol–water partition coefficient (Wildman–Crippen LogP) is 4.60. The fourth-order valence-corrected chi connectivity index (χ4v) is 4.72. The normalized spacial score (nSPS) is 17.9. The van der Waals surface area contributed by atoms with Gasteiger partial charge in [-0.2, -0.15) is 13.2 Å². The Kier molecular flexibility index (Phi) is 6.33. The SMILES string of the molecule is CN1CCC(Oc2cc(NS(=O)(=O)c3cc(Cl)c(O)c(Cl)c3)ccc2C(F)(F)F)C1. The van der Waals surface area contributed by atoms with Crippen LogP contribution in [0, 0.1) is 0 Å². The summed E-state index contributed by atoms with van der Waals surface area (Å²) in [4.78, 5) is 1.55. The molecule has 0 spiro atoms.